The van der Waals surface area contributed by atoms with E-state index in [0.29, 0.717) is 29.4 Å². The number of anilines is 2. The normalized spacial score (nSPS) is 13.8. The minimum absolute atomic E-state index is 0.294. The van der Waals surface area contributed by atoms with E-state index in [9.17, 15) is 0 Å². The molecule has 82 valence electrons. The van der Waals surface area contributed by atoms with E-state index in [2.05, 4.69) is 15.2 Å². The molecule has 0 atom stereocenters. The van der Waals surface area contributed by atoms with Gasteiger partial charge in [-0.2, -0.15) is 0 Å². The van der Waals surface area contributed by atoms with Gasteiger partial charge in [0, 0.05) is 13.1 Å². The van der Waals surface area contributed by atoms with Crippen molar-refractivity contribution in [2.45, 2.75) is 6.92 Å². The van der Waals surface area contributed by atoms with E-state index in [0.717, 1.165) is 5.69 Å². The molecule has 0 fully saturated rings. The minimum Gasteiger partial charge on any atom is -0.469 e. The third-order valence-corrected chi connectivity index (χ3v) is 2.48. The molecule has 0 saturated carbocycles. The zero-order chi connectivity index (χ0) is 11.1. The van der Waals surface area contributed by atoms with Crippen molar-refractivity contribution >= 4 is 23.3 Å². The molecule has 1 aliphatic heterocycles. The Morgan fingerprint density at radius 3 is 3.00 bits per heavy atom. The van der Waals surface area contributed by atoms with E-state index in [4.69, 9.17) is 20.8 Å². The second-order valence-electron chi connectivity index (χ2n) is 3.27. The maximum absolute atomic E-state index is 5.95. The third-order valence-electron chi connectivity index (χ3n) is 2.21. The lowest BCUT2D eigenvalue weighted by Crippen LogP contribution is -2.15. The van der Waals surface area contributed by atoms with Gasteiger partial charge in [-0.3, -0.25) is 9.88 Å². The average Bonchev–Trinajstić information content (AvgIpc) is 2.84. The maximum Gasteiger partial charge on any atom is 0.325 e. The van der Waals surface area contributed by atoms with E-state index in [1.807, 2.05) is 0 Å². The molecule has 0 N–H and O–H groups in total. The summed E-state index contributed by atoms with van der Waals surface area (Å²) in [5.74, 6) is 1.09. The van der Waals surface area contributed by atoms with Crippen LogP contribution in [0.5, 0.6) is 5.75 Å². The summed E-state index contributed by atoms with van der Waals surface area (Å²) in [4.78, 5) is 5.71. The van der Waals surface area contributed by atoms with Gasteiger partial charge in [-0.1, -0.05) is 16.7 Å². The van der Waals surface area contributed by atoms with Crippen LogP contribution < -0.4 is 9.64 Å². The van der Waals surface area contributed by atoms with Crippen LogP contribution in [0.2, 0.25) is 5.02 Å². The minimum atomic E-state index is 0.294. The molecule has 3 rings (SSSR count). The largest absolute Gasteiger partial charge is 0.469 e. The highest BCUT2D eigenvalue weighted by Gasteiger charge is 2.28. The van der Waals surface area contributed by atoms with Crippen molar-refractivity contribution in [2.75, 3.05) is 11.6 Å². The second kappa shape index (κ2) is 3.34. The summed E-state index contributed by atoms with van der Waals surface area (Å²) in [5, 5.41) is 8.14. The quantitative estimate of drug-likeness (QED) is 0.756. The molecule has 0 unspecified atom stereocenters. The molecule has 0 radical (unpaired) electrons. The van der Waals surface area contributed by atoms with Gasteiger partial charge in [0.15, 0.2) is 12.5 Å². The summed E-state index contributed by atoms with van der Waals surface area (Å²) in [7, 11) is 0. The Hall–Kier alpha value is -1.82. The maximum atomic E-state index is 5.95. The van der Waals surface area contributed by atoms with Gasteiger partial charge in [-0.15, -0.1) is 5.10 Å². The predicted molar refractivity (Wildman–Crippen MR) is 55.9 cm³/mol. The Morgan fingerprint density at radius 2 is 2.25 bits per heavy atom. The fourth-order valence-corrected chi connectivity index (χ4v) is 1.71. The van der Waals surface area contributed by atoms with Crippen LogP contribution in [0.4, 0.5) is 11.7 Å². The van der Waals surface area contributed by atoms with Gasteiger partial charge in [-0.25, -0.2) is 0 Å². The van der Waals surface area contributed by atoms with Gasteiger partial charge in [0.2, 0.25) is 5.89 Å². The zero-order valence-corrected chi connectivity index (χ0v) is 9.10. The Balaban J connectivity index is 2.06. The van der Waals surface area contributed by atoms with E-state index < -0.39 is 0 Å². The van der Waals surface area contributed by atoms with Crippen molar-refractivity contribution in [1.82, 2.24) is 15.2 Å². The van der Waals surface area contributed by atoms with Gasteiger partial charge >= 0.3 is 6.01 Å². The van der Waals surface area contributed by atoms with Crippen molar-refractivity contribution in [3.8, 4) is 5.75 Å². The Morgan fingerprint density at radius 1 is 1.38 bits per heavy atom. The van der Waals surface area contributed by atoms with Crippen molar-refractivity contribution in [3.05, 3.63) is 23.3 Å². The molecule has 0 aromatic carbocycles. The Bertz CT molecular complexity index is 542. The molecule has 3 heterocycles. The number of pyridine rings is 1. The van der Waals surface area contributed by atoms with E-state index in [1.165, 1.54) is 6.20 Å². The van der Waals surface area contributed by atoms with Crippen molar-refractivity contribution < 1.29 is 9.15 Å². The van der Waals surface area contributed by atoms with Gasteiger partial charge in [0.25, 0.3) is 0 Å². The Kier molecular flexibility index (Phi) is 1.97. The molecule has 0 bridgehead atoms. The molecule has 0 aliphatic carbocycles. The van der Waals surface area contributed by atoms with Crippen molar-refractivity contribution in [2.24, 2.45) is 0 Å². The molecule has 0 amide bonds. The van der Waals surface area contributed by atoms with Crippen LogP contribution in [0, 0.1) is 6.92 Å². The van der Waals surface area contributed by atoms with E-state index in [-0.39, 0.29) is 0 Å². The number of hydrogen-bond donors (Lipinski definition) is 0. The van der Waals surface area contributed by atoms with Crippen molar-refractivity contribution in [3.63, 3.8) is 0 Å². The second-order valence-corrected chi connectivity index (χ2v) is 3.68. The van der Waals surface area contributed by atoms with Crippen LogP contribution in [0.25, 0.3) is 0 Å². The number of aryl methyl sites for hydroxylation is 1. The van der Waals surface area contributed by atoms with Crippen LogP contribution >= 0.6 is 11.6 Å². The summed E-state index contributed by atoms with van der Waals surface area (Å²) in [6.07, 6.45) is 3.18. The molecule has 7 heteroatoms. The fraction of sp³-hybridized carbons (Fsp3) is 0.222. The Labute approximate surface area is 95.8 Å². The lowest BCUT2D eigenvalue weighted by atomic mass is 10.4. The lowest BCUT2D eigenvalue weighted by Gasteiger charge is -2.08. The number of ether oxygens (including phenoxy) is 1. The van der Waals surface area contributed by atoms with Crippen LogP contribution in [-0.2, 0) is 0 Å². The summed E-state index contributed by atoms with van der Waals surface area (Å²) < 4.78 is 10.7. The number of fused-ring (bicyclic) bond motifs is 1. The smallest absolute Gasteiger partial charge is 0.325 e. The molecule has 2 aromatic rings. The first kappa shape index (κ1) is 9.41. The molecule has 16 heavy (non-hydrogen) atoms. The summed E-state index contributed by atoms with van der Waals surface area (Å²) in [5.41, 5.74) is 0.733. The molecule has 2 aromatic heterocycles. The summed E-state index contributed by atoms with van der Waals surface area (Å²) in [6.45, 7) is 2.02. The zero-order valence-electron chi connectivity index (χ0n) is 8.35. The molecule has 6 nitrogen and oxygen atoms in total. The molecule has 1 aliphatic rings. The first-order chi connectivity index (χ1) is 7.75. The number of aromatic nitrogens is 3. The SMILES string of the molecule is Cc1nnc(N2COc3c(Cl)cncc32)o1. The van der Waals surface area contributed by atoms with Gasteiger partial charge in [-0.05, 0) is 0 Å². The third kappa shape index (κ3) is 1.30. The highest BCUT2D eigenvalue weighted by atomic mass is 35.5. The standard InChI is InChI=1S/C9H7ClN4O2/c1-5-12-13-9(16-5)14-4-15-8-6(10)2-11-3-7(8)14/h2-3H,4H2,1H3. The number of halogens is 1. The van der Waals surface area contributed by atoms with Gasteiger partial charge in [0.05, 0.1) is 6.20 Å². The van der Waals surface area contributed by atoms with E-state index in [1.54, 1.807) is 18.0 Å². The monoisotopic (exact) mass is 238 g/mol. The van der Waals surface area contributed by atoms with Crippen LogP contribution in [0.15, 0.2) is 16.8 Å². The average molecular weight is 239 g/mol. The first-order valence-corrected chi connectivity index (χ1v) is 4.97. The van der Waals surface area contributed by atoms with Gasteiger partial charge in [0.1, 0.15) is 10.7 Å². The molecular formula is C9H7ClN4O2. The van der Waals surface area contributed by atoms with Crippen LogP contribution in [-0.4, -0.2) is 21.9 Å². The highest BCUT2D eigenvalue weighted by Crippen LogP contribution is 2.41. The number of nitrogens with zero attached hydrogens (tertiary/aromatic N) is 4. The van der Waals surface area contributed by atoms with Crippen molar-refractivity contribution in [1.29, 1.82) is 0 Å². The molecule has 0 spiro atoms. The summed E-state index contributed by atoms with van der Waals surface area (Å²) >= 11 is 5.95. The van der Waals surface area contributed by atoms with Crippen LogP contribution in [0.1, 0.15) is 5.89 Å². The highest BCUT2D eigenvalue weighted by molar-refractivity contribution is 6.32. The fourth-order valence-electron chi connectivity index (χ4n) is 1.50. The van der Waals surface area contributed by atoms with E-state index >= 15 is 0 Å². The first-order valence-electron chi connectivity index (χ1n) is 4.59. The summed E-state index contributed by atoms with van der Waals surface area (Å²) in [6, 6.07) is 0.375. The molecular weight excluding hydrogens is 232 g/mol. The molecule has 0 saturated heterocycles. The lowest BCUT2D eigenvalue weighted by molar-refractivity contribution is 0.349. The van der Waals surface area contributed by atoms with Gasteiger partial charge < -0.3 is 9.15 Å². The number of rotatable bonds is 1. The predicted octanol–water partition coefficient (Wildman–Crippen LogP) is 1.91. The topological polar surface area (TPSA) is 64.3 Å². The number of hydrogen-bond acceptors (Lipinski definition) is 6. The van der Waals surface area contributed by atoms with Crippen LogP contribution in [0.3, 0.4) is 0 Å².